The van der Waals surface area contributed by atoms with Crippen molar-refractivity contribution in [3.63, 3.8) is 0 Å². The molecule has 0 aromatic heterocycles. The number of halogens is 1. The molecular weight excluding hydrogens is 276 g/mol. The summed E-state index contributed by atoms with van der Waals surface area (Å²) in [5.41, 5.74) is 1.26. The topological polar surface area (TPSA) is 46.5 Å². The number of aliphatic carboxylic acids is 1. The van der Waals surface area contributed by atoms with Crippen molar-refractivity contribution in [3.05, 3.63) is 28.3 Å². The fourth-order valence-corrected chi connectivity index (χ4v) is 2.48. The second kappa shape index (κ2) is 6.98. The lowest BCUT2D eigenvalue weighted by atomic mass is 9.79. The summed E-state index contributed by atoms with van der Waals surface area (Å²) in [5.74, 6) is 0.00506. The average molecular weight is 299 g/mol. The maximum absolute atomic E-state index is 11.4. The standard InChI is InChI=1S/C16H23ClO3/c1-5-16(6-2,15(18)19)7-8-20-13-9-11(3)14(17)12(4)10-13/h9-10H,5-8H2,1-4H3,(H,18,19). The van der Waals surface area contributed by atoms with Gasteiger partial charge < -0.3 is 9.84 Å². The Morgan fingerprint density at radius 1 is 1.25 bits per heavy atom. The highest BCUT2D eigenvalue weighted by Crippen LogP contribution is 2.32. The molecule has 4 heteroatoms. The fraction of sp³-hybridized carbons (Fsp3) is 0.562. The molecule has 0 spiro atoms. The highest BCUT2D eigenvalue weighted by atomic mass is 35.5. The Balaban J connectivity index is 2.71. The second-order valence-corrected chi connectivity index (χ2v) is 5.64. The lowest BCUT2D eigenvalue weighted by molar-refractivity contribution is -0.150. The van der Waals surface area contributed by atoms with Gasteiger partial charge in [-0.25, -0.2) is 0 Å². The van der Waals surface area contributed by atoms with Crippen molar-refractivity contribution in [1.29, 1.82) is 0 Å². The summed E-state index contributed by atoms with van der Waals surface area (Å²) in [6, 6.07) is 3.77. The van der Waals surface area contributed by atoms with Gasteiger partial charge in [-0.3, -0.25) is 4.79 Å². The van der Waals surface area contributed by atoms with Crippen LogP contribution in [0.4, 0.5) is 0 Å². The van der Waals surface area contributed by atoms with Crippen LogP contribution in [0.5, 0.6) is 5.75 Å². The molecule has 0 unspecified atom stereocenters. The van der Waals surface area contributed by atoms with E-state index in [2.05, 4.69) is 0 Å². The van der Waals surface area contributed by atoms with Crippen molar-refractivity contribution in [2.75, 3.05) is 6.61 Å². The number of rotatable bonds is 7. The molecule has 0 atom stereocenters. The zero-order valence-corrected chi connectivity index (χ0v) is 13.4. The lowest BCUT2D eigenvalue weighted by Gasteiger charge is -2.26. The van der Waals surface area contributed by atoms with Crippen LogP contribution in [0.15, 0.2) is 12.1 Å². The van der Waals surface area contributed by atoms with Crippen LogP contribution in [-0.2, 0) is 4.79 Å². The molecule has 0 amide bonds. The Bertz CT molecular complexity index is 456. The van der Waals surface area contributed by atoms with E-state index in [0.717, 1.165) is 21.9 Å². The maximum Gasteiger partial charge on any atom is 0.309 e. The highest BCUT2D eigenvalue weighted by molar-refractivity contribution is 6.32. The van der Waals surface area contributed by atoms with Crippen molar-refractivity contribution in [2.24, 2.45) is 5.41 Å². The van der Waals surface area contributed by atoms with Gasteiger partial charge in [0.15, 0.2) is 0 Å². The van der Waals surface area contributed by atoms with Gasteiger partial charge in [-0.15, -0.1) is 0 Å². The zero-order chi connectivity index (χ0) is 15.3. The smallest absolute Gasteiger partial charge is 0.309 e. The molecule has 0 aliphatic rings. The van der Waals surface area contributed by atoms with Crippen LogP contribution in [0, 0.1) is 19.3 Å². The molecule has 0 bridgehead atoms. The summed E-state index contributed by atoms with van der Waals surface area (Å²) in [7, 11) is 0. The first-order valence-corrected chi connectivity index (χ1v) is 7.37. The number of benzene rings is 1. The van der Waals surface area contributed by atoms with Crippen molar-refractivity contribution >= 4 is 17.6 Å². The van der Waals surface area contributed by atoms with Gasteiger partial charge in [0.05, 0.1) is 12.0 Å². The minimum atomic E-state index is -0.741. The van der Waals surface area contributed by atoms with Crippen LogP contribution in [0.2, 0.25) is 5.02 Å². The SMILES string of the molecule is CCC(CC)(CCOc1cc(C)c(Cl)c(C)c1)C(=O)O. The van der Waals surface area contributed by atoms with Gasteiger partial charge in [-0.1, -0.05) is 25.4 Å². The van der Waals surface area contributed by atoms with Crippen LogP contribution < -0.4 is 4.74 Å². The molecule has 0 aliphatic carbocycles. The number of carboxylic acids is 1. The van der Waals surface area contributed by atoms with E-state index in [1.54, 1.807) is 0 Å². The van der Waals surface area contributed by atoms with Crippen LogP contribution in [0.1, 0.15) is 44.2 Å². The van der Waals surface area contributed by atoms with Gasteiger partial charge in [-0.05, 0) is 56.4 Å². The third-order valence-electron chi connectivity index (χ3n) is 4.07. The summed E-state index contributed by atoms with van der Waals surface area (Å²) in [6.07, 6.45) is 1.73. The number of hydrogen-bond donors (Lipinski definition) is 1. The van der Waals surface area contributed by atoms with E-state index >= 15 is 0 Å². The Labute approximate surface area is 125 Å². The first-order valence-electron chi connectivity index (χ1n) is 6.99. The van der Waals surface area contributed by atoms with E-state index in [1.807, 2.05) is 39.8 Å². The molecule has 20 heavy (non-hydrogen) atoms. The van der Waals surface area contributed by atoms with Gasteiger partial charge in [0, 0.05) is 5.02 Å². The Morgan fingerprint density at radius 2 is 1.75 bits per heavy atom. The van der Waals surface area contributed by atoms with Crippen molar-refractivity contribution < 1.29 is 14.6 Å². The highest BCUT2D eigenvalue weighted by Gasteiger charge is 2.34. The van der Waals surface area contributed by atoms with Gasteiger partial charge in [-0.2, -0.15) is 0 Å². The van der Waals surface area contributed by atoms with Crippen LogP contribution in [0.25, 0.3) is 0 Å². The molecule has 1 N–H and O–H groups in total. The van der Waals surface area contributed by atoms with Crippen molar-refractivity contribution in [3.8, 4) is 5.75 Å². The number of ether oxygens (including phenoxy) is 1. The monoisotopic (exact) mass is 298 g/mol. The number of carbonyl (C=O) groups is 1. The fourth-order valence-electron chi connectivity index (χ4n) is 2.37. The summed E-state index contributed by atoms with van der Waals surface area (Å²) in [5, 5.41) is 10.1. The predicted octanol–water partition coefficient (Wildman–Crippen LogP) is 4.62. The van der Waals surface area contributed by atoms with Crippen molar-refractivity contribution in [1.82, 2.24) is 0 Å². The minimum absolute atomic E-state index is 0.397. The van der Waals surface area contributed by atoms with Gasteiger partial charge in [0.25, 0.3) is 0 Å². The van der Waals surface area contributed by atoms with Crippen LogP contribution in [-0.4, -0.2) is 17.7 Å². The Morgan fingerprint density at radius 3 is 2.15 bits per heavy atom. The predicted molar refractivity (Wildman–Crippen MR) is 81.7 cm³/mol. The van der Waals surface area contributed by atoms with E-state index < -0.39 is 11.4 Å². The van der Waals surface area contributed by atoms with E-state index in [9.17, 15) is 9.90 Å². The summed E-state index contributed by atoms with van der Waals surface area (Å²) < 4.78 is 5.71. The van der Waals surface area contributed by atoms with E-state index in [1.165, 1.54) is 0 Å². The minimum Gasteiger partial charge on any atom is -0.494 e. The Kier molecular flexibility index (Phi) is 5.88. The van der Waals surface area contributed by atoms with E-state index in [-0.39, 0.29) is 0 Å². The van der Waals surface area contributed by atoms with Crippen molar-refractivity contribution in [2.45, 2.75) is 47.0 Å². The van der Waals surface area contributed by atoms with Crippen LogP contribution in [0.3, 0.4) is 0 Å². The van der Waals surface area contributed by atoms with E-state index in [4.69, 9.17) is 16.3 Å². The first kappa shape index (κ1) is 16.8. The normalized spacial score (nSPS) is 11.4. The molecular formula is C16H23ClO3. The lowest BCUT2D eigenvalue weighted by Crippen LogP contribution is -2.31. The first-order chi connectivity index (χ1) is 9.36. The molecule has 0 radical (unpaired) electrons. The largest absolute Gasteiger partial charge is 0.494 e. The average Bonchev–Trinajstić information content (AvgIpc) is 2.41. The molecule has 0 heterocycles. The zero-order valence-electron chi connectivity index (χ0n) is 12.6. The molecule has 1 aromatic carbocycles. The molecule has 112 valence electrons. The summed E-state index contributed by atoms with van der Waals surface area (Å²) in [6.45, 7) is 8.08. The molecule has 0 aliphatic heterocycles. The van der Waals surface area contributed by atoms with Gasteiger partial charge in [0.2, 0.25) is 0 Å². The van der Waals surface area contributed by atoms with Crippen LogP contribution >= 0.6 is 11.6 Å². The number of aryl methyl sites for hydroxylation is 2. The Hall–Kier alpha value is -1.22. The van der Waals surface area contributed by atoms with Gasteiger partial charge >= 0.3 is 5.97 Å². The molecule has 3 nitrogen and oxygen atoms in total. The molecule has 0 saturated heterocycles. The summed E-state index contributed by atoms with van der Waals surface area (Å²) >= 11 is 6.11. The van der Waals surface area contributed by atoms with Gasteiger partial charge in [0.1, 0.15) is 5.75 Å². The maximum atomic E-state index is 11.4. The number of hydrogen-bond acceptors (Lipinski definition) is 2. The molecule has 0 saturated carbocycles. The second-order valence-electron chi connectivity index (χ2n) is 5.26. The molecule has 1 rings (SSSR count). The molecule has 0 fully saturated rings. The molecule has 1 aromatic rings. The van der Waals surface area contributed by atoms with E-state index in [0.29, 0.717) is 25.9 Å². The number of carboxylic acid groups (broad SMARTS) is 1. The quantitative estimate of drug-likeness (QED) is 0.799. The third-order valence-corrected chi connectivity index (χ3v) is 4.66. The summed E-state index contributed by atoms with van der Waals surface area (Å²) in [4.78, 5) is 11.4. The third kappa shape index (κ3) is 3.66.